The lowest BCUT2D eigenvalue weighted by atomic mass is 10.2. The monoisotopic (exact) mass is 283 g/mol. The molecule has 0 aromatic heterocycles. The molecule has 0 bridgehead atoms. The van der Waals surface area contributed by atoms with E-state index in [4.69, 9.17) is 11.6 Å². The fourth-order valence-electron chi connectivity index (χ4n) is 1.11. The molecule has 0 fully saturated rings. The fraction of sp³-hybridized carbons (Fsp3) is 0.300. The highest BCUT2D eigenvalue weighted by atomic mass is 35.5. The van der Waals surface area contributed by atoms with Crippen LogP contribution in [-0.2, 0) is 11.0 Å². The minimum Gasteiger partial charge on any atom is -0.324 e. The second-order valence-corrected chi connectivity index (χ2v) is 4.45. The van der Waals surface area contributed by atoms with Crippen molar-refractivity contribution in [3.63, 3.8) is 0 Å². The van der Waals surface area contributed by atoms with Gasteiger partial charge in [0.1, 0.15) is 0 Å². The van der Waals surface area contributed by atoms with Crippen LogP contribution in [0.4, 0.5) is 18.9 Å². The van der Waals surface area contributed by atoms with Crippen LogP contribution in [-0.4, -0.2) is 17.9 Å². The highest BCUT2D eigenvalue weighted by Crippen LogP contribution is 2.33. The summed E-state index contributed by atoms with van der Waals surface area (Å²) in [6, 6.07) is 2.80. The number of alkyl halides is 3. The molecule has 0 aliphatic rings. The van der Waals surface area contributed by atoms with E-state index in [0.29, 0.717) is 0 Å². The fourth-order valence-corrected chi connectivity index (χ4v) is 1.61. The normalized spacial score (nSPS) is 11.4. The molecule has 0 radical (unpaired) electrons. The van der Waals surface area contributed by atoms with Crippen LogP contribution in [0.5, 0.6) is 0 Å². The lowest BCUT2D eigenvalue weighted by Crippen LogP contribution is -2.15. The van der Waals surface area contributed by atoms with Crippen LogP contribution >= 0.6 is 23.4 Å². The molecule has 1 aromatic carbocycles. The Bertz CT molecular complexity index is 423. The number of benzene rings is 1. The van der Waals surface area contributed by atoms with Crippen molar-refractivity contribution in [3.8, 4) is 0 Å². The number of amides is 1. The smallest absolute Gasteiger partial charge is 0.324 e. The zero-order valence-corrected chi connectivity index (χ0v) is 10.3. The van der Waals surface area contributed by atoms with E-state index in [1.807, 2.05) is 0 Å². The van der Waals surface area contributed by atoms with Crippen molar-refractivity contribution in [2.24, 2.45) is 0 Å². The quantitative estimate of drug-likeness (QED) is 0.917. The van der Waals surface area contributed by atoms with E-state index in [9.17, 15) is 18.0 Å². The molecule has 0 spiro atoms. The number of halogens is 4. The summed E-state index contributed by atoms with van der Waals surface area (Å²) in [6.07, 6.45) is -2.74. The van der Waals surface area contributed by atoms with Crippen molar-refractivity contribution in [2.75, 3.05) is 17.3 Å². The third-order valence-electron chi connectivity index (χ3n) is 1.84. The van der Waals surface area contributed by atoms with Gasteiger partial charge >= 0.3 is 6.18 Å². The van der Waals surface area contributed by atoms with Crippen LogP contribution in [0.25, 0.3) is 0 Å². The summed E-state index contributed by atoms with van der Waals surface area (Å²) in [6.45, 7) is 0. The van der Waals surface area contributed by atoms with Crippen LogP contribution in [0.15, 0.2) is 18.2 Å². The molecular weight excluding hydrogens is 275 g/mol. The summed E-state index contributed by atoms with van der Waals surface area (Å²) in [5, 5.41) is 2.41. The summed E-state index contributed by atoms with van der Waals surface area (Å²) >= 11 is 6.97. The van der Waals surface area contributed by atoms with E-state index in [0.717, 1.165) is 18.2 Å². The summed E-state index contributed by atoms with van der Waals surface area (Å²) < 4.78 is 37.3. The van der Waals surface area contributed by atoms with Gasteiger partial charge in [0.15, 0.2) is 0 Å². The maximum Gasteiger partial charge on any atom is 0.416 e. The predicted octanol–water partition coefficient (Wildman–Crippen LogP) is 3.66. The Labute approximate surface area is 106 Å². The zero-order chi connectivity index (χ0) is 13.1. The second-order valence-electron chi connectivity index (χ2n) is 3.17. The van der Waals surface area contributed by atoms with E-state index >= 15 is 0 Å². The number of thioether (sulfide) groups is 1. The molecule has 0 heterocycles. The van der Waals surface area contributed by atoms with E-state index in [2.05, 4.69) is 5.32 Å². The molecule has 0 unspecified atom stereocenters. The van der Waals surface area contributed by atoms with Crippen molar-refractivity contribution < 1.29 is 18.0 Å². The summed E-state index contributed by atoms with van der Waals surface area (Å²) in [7, 11) is 0. The van der Waals surface area contributed by atoms with Crippen molar-refractivity contribution in [3.05, 3.63) is 28.8 Å². The molecule has 0 aliphatic heterocycles. The van der Waals surface area contributed by atoms with Crippen molar-refractivity contribution in [1.29, 1.82) is 0 Å². The van der Waals surface area contributed by atoms with Gasteiger partial charge in [0.2, 0.25) is 5.91 Å². The Morgan fingerprint density at radius 3 is 2.65 bits per heavy atom. The third kappa shape index (κ3) is 4.12. The van der Waals surface area contributed by atoms with Crippen molar-refractivity contribution >= 4 is 35.0 Å². The second kappa shape index (κ2) is 5.64. The Balaban J connectivity index is 2.95. The van der Waals surface area contributed by atoms with Gasteiger partial charge in [-0.05, 0) is 24.5 Å². The Morgan fingerprint density at radius 1 is 1.47 bits per heavy atom. The topological polar surface area (TPSA) is 29.1 Å². The maximum atomic E-state index is 12.4. The van der Waals surface area contributed by atoms with Gasteiger partial charge in [-0.15, -0.1) is 0 Å². The first kappa shape index (κ1) is 14.2. The van der Waals surface area contributed by atoms with Gasteiger partial charge in [-0.3, -0.25) is 4.79 Å². The molecule has 94 valence electrons. The van der Waals surface area contributed by atoms with Crippen LogP contribution in [0, 0.1) is 0 Å². The minimum atomic E-state index is -4.45. The lowest BCUT2D eigenvalue weighted by Gasteiger charge is -2.11. The molecule has 1 amide bonds. The number of hydrogen-bond acceptors (Lipinski definition) is 2. The van der Waals surface area contributed by atoms with Gasteiger partial charge in [0, 0.05) is 0 Å². The minimum absolute atomic E-state index is 0.0273. The third-order valence-corrected chi connectivity index (χ3v) is 2.72. The summed E-state index contributed by atoms with van der Waals surface area (Å²) in [4.78, 5) is 11.3. The Kier molecular flexibility index (Phi) is 4.70. The Morgan fingerprint density at radius 2 is 2.12 bits per heavy atom. The Hall–Kier alpha value is -0.880. The molecule has 0 aliphatic carbocycles. The standard InChI is InChI=1S/C10H9ClF3NOS/c1-17-5-9(16)15-8-4-6(10(12,13)14)2-3-7(8)11/h2-4H,5H2,1H3,(H,15,16). The highest BCUT2D eigenvalue weighted by molar-refractivity contribution is 7.99. The average molecular weight is 284 g/mol. The largest absolute Gasteiger partial charge is 0.416 e. The lowest BCUT2D eigenvalue weighted by molar-refractivity contribution is -0.137. The molecule has 1 rings (SSSR count). The first-order valence-corrected chi connectivity index (χ1v) is 6.27. The number of carbonyl (C=O) groups excluding carboxylic acids is 1. The van der Waals surface area contributed by atoms with E-state index < -0.39 is 17.6 Å². The van der Waals surface area contributed by atoms with Gasteiger partial charge in [-0.25, -0.2) is 0 Å². The molecular formula is C10H9ClF3NOS. The summed E-state index contributed by atoms with van der Waals surface area (Å²) in [5.41, 5.74) is -0.873. The zero-order valence-electron chi connectivity index (χ0n) is 8.77. The van der Waals surface area contributed by atoms with Crippen LogP contribution in [0.2, 0.25) is 5.02 Å². The maximum absolute atomic E-state index is 12.4. The number of rotatable bonds is 3. The molecule has 2 nitrogen and oxygen atoms in total. The van der Waals surface area contributed by atoms with Gasteiger partial charge < -0.3 is 5.32 Å². The summed E-state index contributed by atoms with van der Waals surface area (Å²) in [5.74, 6) is -0.231. The average Bonchev–Trinajstić information content (AvgIpc) is 2.20. The molecule has 0 atom stereocenters. The molecule has 1 aromatic rings. The molecule has 0 saturated heterocycles. The number of hydrogen-bond donors (Lipinski definition) is 1. The predicted molar refractivity (Wildman–Crippen MR) is 63.5 cm³/mol. The van der Waals surface area contributed by atoms with E-state index in [-0.39, 0.29) is 16.5 Å². The van der Waals surface area contributed by atoms with Crippen LogP contribution in [0.1, 0.15) is 5.56 Å². The molecule has 7 heteroatoms. The molecule has 0 saturated carbocycles. The van der Waals surface area contributed by atoms with Crippen LogP contribution < -0.4 is 5.32 Å². The van der Waals surface area contributed by atoms with Gasteiger partial charge in [-0.2, -0.15) is 24.9 Å². The molecule has 17 heavy (non-hydrogen) atoms. The van der Waals surface area contributed by atoms with E-state index in [1.54, 1.807) is 6.26 Å². The highest BCUT2D eigenvalue weighted by Gasteiger charge is 2.31. The first-order valence-electron chi connectivity index (χ1n) is 4.50. The SMILES string of the molecule is CSCC(=O)Nc1cc(C(F)(F)F)ccc1Cl. The number of carbonyl (C=O) groups is 1. The van der Waals surface area contributed by atoms with Crippen molar-refractivity contribution in [2.45, 2.75) is 6.18 Å². The first-order chi connectivity index (χ1) is 7.84. The number of nitrogens with one attached hydrogen (secondary N) is 1. The van der Waals surface area contributed by atoms with Gasteiger partial charge in [-0.1, -0.05) is 11.6 Å². The van der Waals surface area contributed by atoms with E-state index in [1.165, 1.54) is 11.8 Å². The van der Waals surface area contributed by atoms with Gasteiger partial charge in [0.05, 0.1) is 22.0 Å². The van der Waals surface area contributed by atoms with Crippen LogP contribution in [0.3, 0.4) is 0 Å². The molecule has 1 N–H and O–H groups in total. The number of anilines is 1. The van der Waals surface area contributed by atoms with Crippen molar-refractivity contribution in [1.82, 2.24) is 0 Å². The van der Waals surface area contributed by atoms with Gasteiger partial charge in [0.25, 0.3) is 0 Å².